The minimum atomic E-state index is -2.77. The summed E-state index contributed by atoms with van der Waals surface area (Å²) in [6, 6.07) is 13.1. The van der Waals surface area contributed by atoms with E-state index in [4.69, 9.17) is 0 Å². The van der Waals surface area contributed by atoms with Crippen LogP contribution in [0.2, 0.25) is 0 Å². The van der Waals surface area contributed by atoms with Gasteiger partial charge in [0.1, 0.15) is 5.82 Å². The number of nitrogens with one attached hydrogen (secondary N) is 2. The average molecular weight is 447 g/mol. The Kier molecular flexibility index (Phi) is 4.29. The van der Waals surface area contributed by atoms with Crippen molar-refractivity contribution in [1.82, 2.24) is 30.0 Å². The lowest BCUT2D eigenvalue weighted by Crippen LogP contribution is -2.60. The predicted octanol–water partition coefficient (Wildman–Crippen LogP) is 4.15. The van der Waals surface area contributed by atoms with Crippen LogP contribution < -0.4 is 5.32 Å². The average Bonchev–Trinajstić information content (AvgIpc) is 3.43. The summed E-state index contributed by atoms with van der Waals surface area (Å²) in [5.74, 6) is -1.56. The van der Waals surface area contributed by atoms with Gasteiger partial charge in [0.05, 0.1) is 24.8 Å². The SMILES string of the molecule is O=C(N1Cc2ccc(-c3nccc(Nc4ccc5[nH]ncc5c4)n3)cc2C1)N1CC(F)(F)C1. The van der Waals surface area contributed by atoms with Crippen molar-refractivity contribution >= 4 is 28.4 Å². The highest BCUT2D eigenvalue weighted by atomic mass is 19.3. The maximum atomic E-state index is 13.1. The number of anilines is 2. The fourth-order valence-corrected chi connectivity index (χ4v) is 4.25. The molecule has 0 radical (unpaired) electrons. The van der Waals surface area contributed by atoms with Crippen LogP contribution in [0.15, 0.2) is 54.9 Å². The third-order valence-electron chi connectivity index (χ3n) is 5.94. The van der Waals surface area contributed by atoms with Crippen LogP contribution in [0.1, 0.15) is 11.1 Å². The van der Waals surface area contributed by atoms with Crippen LogP contribution >= 0.6 is 0 Å². The maximum absolute atomic E-state index is 13.1. The van der Waals surface area contributed by atoms with Crippen molar-refractivity contribution in [3.05, 3.63) is 66.0 Å². The van der Waals surface area contributed by atoms with Crippen LogP contribution in [0.3, 0.4) is 0 Å². The van der Waals surface area contributed by atoms with Crippen LogP contribution in [-0.2, 0) is 13.1 Å². The Morgan fingerprint density at radius 2 is 1.88 bits per heavy atom. The highest BCUT2D eigenvalue weighted by Crippen LogP contribution is 2.32. The van der Waals surface area contributed by atoms with Gasteiger partial charge in [0, 0.05) is 35.9 Å². The molecule has 1 fully saturated rings. The molecule has 10 heteroatoms. The number of amides is 2. The highest BCUT2D eigenvalue weighted by Gasteiger charge is 2.47. The number of aromatic amines is 1. The number of hydrogen-bond donors (Lipinski definition) is 2. The molecule has 1 saturated heterocycles. The number of carbonyl (C=O) groups excluding carboxylic acids is 1. The number of benzene rings is 2. The third-order valence-corrected chi connectivity index (χ3v) is 5.94. The van der Waals surface area contributed by atoms with Gasteiger partial charge in [0.15, 0.2) is 5.82 Å². The number of alkyl halides is 2. The van der Waals surface area contributed by atoms with E-state index in [0.717, 1.165) is 33.3 Å². The van der Waals surface area contributed by atoms with Gasteiger partial charge in [-0.05, 0) is 41.5 Å². The number of rotatable bonds is 3. The largest absolute Gasteiger partial charge is 0.340 e. The lowest BCUT2D eigenvalue weighted by atomic mass is 10.1. The number of carbonyl (C=O) groups is 1. The molecule has 2 aromatic heterocycles. The van der Waals surface area contributed by atoms with Gasteiger partial charge in [-0.3, -0.25) is 5.10 Å². The molecular weight excluding hydrogens is 428 g/mol. The van der Waals surface area contributed by atoms with E-state index in [1.807, 2.05) is 36.4 Å². The monoisotopic (exact) mass is 447 g/mol. The van der Waals surface area contributed by atoms with Gasteiger partial charge in [-0.2, -0.15) is 5.10 Å². The van der Waals surface area contributed by atoms with Crippen molar-refractivity contribution < 1.29 is 13.6 Å². The zero-order valence-corrected chi connectivity index (χ0v) is 17.4. The van der Waals surface area contributed by atoms with Gasteiger partial charge in [-0.25, -0.2) is 23.5 Å². The summed E-state index contributed by atoms with van der Waals surface area (Å²) < 4.78 is 26.3. The normalized spacial score (nSPS) is 16.5. The van der Waals surface area contributed by atoms with Gasteiger partial charge in [-0.15, -0.1) is 0 Å². The van der Waals surface area contributed by atoms with E-state index in [2.05, 4.69) is 25.5 Å². The number of halogens is 2. The summed E-state index contributed by atoms with van der Waals surface area (Å²) in [4.78, 5) is 24.3. The summed E-state index contributed by atoms with van der Waals surface area (Å²) in [6.45, 7) is -0.224. The first-order chi connectivity index (χ1) is 15.9. The molecule has 0 spiro atoms. The summed E-state index contributed by atoms with van der Waals surface area (Å²) in [5, 5.41) is 11.2. The molecule has 33 heavy (non-hydrogen) atoms. The molecular formula is C23H19F2N7O. The first-order valence-corrected chi connectivity index (χ1v) is 10.5. The molecule has 166 valence electrons. The van der Waals surface area contributed by atoms with Gasteiger partial charge < -0.3 is 15.1 Å². The Labute approximate surface area is 187 Å². The zero-order chi connectivity index (χ0) is 22.6. The molecule has 4 aromatic rings. The molecule has 2 amide bonds. The second-order valence-corrected chi connectivity index (χ2v) is 8.40. The quantitative estimate of drug-likeness (QED) is 0.493. The molecule has 0 aliphatic carbocycles. The fraction of sp³-hybridized carbons (Fsp3) is 0.217. The van der Waals surface area contributed by atoms with Gasteiger partial charge in [-0.1, -0.05) is 12.1 Å². The molecule has 2 aromatic carbocycles. The van der Waals surface area contributed by atoms with Crippen molar-refractivity contribution in [1.29, 1.82) is 0 Å². The zero-order valence-electron chi connectivity index (χ0n) is 17.4. The number of likely N-dealkylation sites (tertiary alicyclic amines) is 1. The fourth-order valence-electron chi connectivity index (χ4n) is 4.25. The molecule has 8 nitrogen and oxygen atoms in total. The Hall–Kier alpha value is -4.08. The van der Waals surface area contributed by atoms with Crippen molar-refractivity contribution in [2.24, 2.45) is 0 Å². The number of aromatic nitrogens is 4. The standard InChI is InChI=1S/C23H19F2N7O/c24-23(25)12-32(13-23)22(33)31-10-15-2-1-14(7-17(15)11-31)21-26-6-5-20(29-21)28-18-3-4-19-16(8-18)9-27-30-19/h1-9H,10-13H2,(H,27,30)(H,26,28,29). The van der Waals surface area contributed by atoms with E-state index >= 15 is 0 Å². The molecule has 0 unspecified atom stereocenters. The molecule has 0 atom stereocenters. The molecule has 2 aliphatic rings. The van der Waals surface area contributed by atoms with Gasteiger partial charge in [0.2, 0.25) is 0 Å². The molecule has 2 N–H and O–H groups in total. The summed E-state index contributed by atoms with van der Waals surface area (Å²) in [7, 11) is 0. The van der Waals surface area contributed by atoms with Crippen LogP contribution in [0, 0.1) is 0 Å². The topological polar surface area (TPSA) is 90.0 Å². The summed E-state index contributed by atoms with van der Waals surface area (Å²) >= 11 is 0. The second-order valence-electron chi connectivity index (χ2n) is 8.40. The number of fused-ring (bicyclic) bond motifs is 2. The van der Waals surface area contributed by atoms with Crippen LogP contribution in [0.25, 0.3) is 22.3 Å². The number of hydrogen-bond acceptors (Lipinski definition) is 5. The first kappa shape index (κ1) is 19.6. The van der Waals surface area contributed by atoms with Crippen molar-refractivity contribution in [2.45, 2.75) is 19.0 Å². The maximum Gasteiger partial charge on any atom is 0.321 e. The minimum Gasteiger partial charge on any atom is -0.340 e. The Morgan fingerprint density at radius 3 is 2.73 bits per heavy atom. The molecule has 2 aliphatic heterocycles. The summed E-state index contributed by atoms with van der Waals surface area (Å²) in [6.07, 6.45) is 3.45. The van der Waals surface area contributed by atoms with E-state index in [1.54, 1.807) is 23.4 Å². The van der Waals surface area contributed by atoms with Gasteiger partial charge in [0.25, 0.3) is 5.92 Å². The Morgan fingerprint density at radius 1 is 1.03 bits per heavy atom. The smallest absolute Gasteiger partial charge is 0.321 e. The van der Waals surface area contributed by atoms with E-state index in [1.165, 1.54) is 4.90 Å². The van der Waals surface area contributed by atoms with E-state index in [9.17, 15) is 13.6 Å². The lowest BCUT2D eigenvalue weighted by Gasteiger charge is -2.40. The van der Waals surface area contributed by atoms with Crippen LogP contribution in [0.5, 0.6) is 0 Å². The van der Waals surface area contributed by atoms with E-state index in [-0.39, 0.29) is 6.03 Å². The van der Waals surface area contributed by atoms with Crippen LogP contribution in [-0.4, -0.2) is 55.0 Å². The molecule has 6 rings (SSSR count). The number of nitrogens with zero attached hydrogens (tertiary/aromatic N) is 5. The predicted molar refractivity (Wildman–Crippen MR) is 118 cm³/mol. The molecule has 0 bridgehead atoms. The number of H-pyrrole nitrogens is 1. The molecule has 4 heterocycles. The van der Waals surface area contributed by atoms with E-state index < -0.39 is 19.0 Å². The van der Waals surface area contributed by atoms with Crippen LogP contribution in [0.4, 0.5) is 25.1 Å². The highest BCUT2D eigenvalue weighted by molar-refractivity contribution is 5.82. The molecule has 0 saturated carbocycles. The van der Waals surface area contributed by atoms with E-state index in [0.29, 0.717) is 24.7 Å². The number of urea groups is 1. The minimum absolute atomic E-state index is 0.351. The first-order valence-electron chi connectivity index (χ1n) is 10.5. The summed E-state index contributed by atoms with van der Waals surface area (Å²) in [5.41, 5.74) is 4.64. The van der Waals surface area contributed by atoms with Crippen molar-refractivity contribution in [2.75, 3.05) is 18.4 Å². The lowest BCUT2D eigenvalue weighted by molar-refractivity contribution is -0.114. The van der Waals surface area contributed by atoms with Crippen molar-refractivity contribution in [3.8, 4) is 11.4 Å². The van der Waals surface area contributed by atoms with Crippen molar-refractivity contribution in [3.63, 3.8) is 0 Å². The second kappa shape index (κ2) is 7.22. The Balaban J connectivity index is 1.19. The van der Waals surface area contributed by atoms with Gasteiger partial charge >= 0.3 is 6.03 Å². The third kappa shape index (κ3) is 3.63. The Bertz CT molecular complexity index is 1380.